The van der Waals surface area contributed by atoms with Crippen LogP contribution in [-0.2, 0) is 16.2 Å². The quantitative estimate of drug-likeness (QED) is 0.672. The molecule has 0 saturated heterocycles. The minimum absolute atomic E-state index is 0.236. The van der Waals surface area contributed by atoms with Crippen LogP contribution in [0, 0.1) is 6.92 Å². The number of nitrogen functional groups attached to an aromatic ring is 1. The van der Waals surface area contributed by atoms with Crippen molar-refractivity contribution in [1.82, 2.24) is 9.97 Å². The van der Waals surface area contributed by atoms with Crippen molar-refractivity contribution in [3.63, 3.8) is 0 Å². The van der Waals surface area contributed by atoms with Gasteiger partial charge in [0.15, 0.2) is 0 Å². The van der Waals surface area contributed by atoms with E-state index in [4.69, 9.17) is 14.9 Å². The molecule has 2 aromatic heterocycles. The molecule has 1 aromatic carbocycles. The number of nitrogens with zero attached hydrogens (tertiary/aromatic N) is 2. The molecule has 0 aliphatic rings. The molecule has 0 atom stereocenters. The van der Waals surface area contributed by atoms with Crippen LogP contribution in [0.2, 0.25) is 0 Å². The molecule has 0 radical (unpaired) electrons. The van der Waals surface area contributed by atoms with Gasteiger partial charge < -0.3 is 14.9 Å². The number of hydrogen-bond acceptors (Lipinski definition) is 7. The maximum Gasteiger partial charge on any atom is 0.342 e. The van der Waals surface area contributed by atoms with Gasteiger partial charge >= 0.3 is 5.97 Å². The molecule has 0 unspecified atom stereocenters. The first-order valence-electron chi connectivity index (χ1n) is 7.94. The van der Waals surface area contributed by atoms with E-state index in [9.17, 15) is 4.79 Å². The van der Waals surface area contributed by atoms with Gasteiger partial charge in [-0.2, -0.15) is 4.98 Å². The van der Waals surface area contributed by atoms with Crippen LogP contribution in [0.15, 0.2) is 34.7 Å². The van der Waals surface area contributed by atoms with Crippen LogP contribution >= 0.6 is 11.8 Å². The van der Waals surface area contributed by atoms with Gasteiger partial charge in [0, 0.05) is 5.75 Å². The van der Waals surface area contributed by atoms with Crippen LogP contribution in [0.1, 0.15) is 34.4 Å². The number of benzene rings is 1. The third-order valence-corrected chi connectivity index (χ3v) is 4.62. The first-order valence-corrected chi connectivity index (χ1v) is 9.10. The Bertz CT molecular complexity index is 893. The van der Waals surface area contributed by atoms with E-state index in [1.165, 1.54) is 5.56 Å². The average Bonchev–Trinajstić information content (AvgIpc) is 2.92. The molecule has 0 bridgehead atoms. The van der Waals surface area contributed by atoms with Crippen molar-refractivity contribution in [1.29, 1.82) is 0 Å². The van der Waals surface area contributed by atoms with E-state index >= 15 is 0 Å². The number of furan rings is 1. The fraction of sp³-hybridized carbons (Fsp3) is 0.278. The maximum atomic E-state index is 12.1. The van der Waals surface area contributed by atoms with Crippen molar-refractivity contribution >= 4 is 34.6 Å². The number of esters is 1. The normalized spacial score (nSPS) is 11.0. The second-order valence-electron chi connectivity index (χ2n) is 5.44. The van der Waals surface area contributed by atoms with E-state index in [0.717, 1.165) is 5.75 Å². The third-order valence-electron chi connectivity index (χ3n) is 3.62. The number of hydrogen-bond donors (Lipinski definition) is 1. The molecule has 6 nitrogen and oxygen atoms in total. The lowest BCUT2D eigenvalue weighted by molar-refractivity contribution is 0.0526. The van der Waals surface area contributed by atoms with Crippen LogP contribution in [0.4, 0.5) is 5.82 Å². The lowest BCUT2D eigenvalue weighted by Crippen LogP contribution is -2.07. The number of rotatable bonds is 6. The number of nitrogens with two attached hydrogens (primary N) is 1. The van der Waals surface area contributed by atoms with Crippen molar-refractivity contribution in [2.45, 2.75) is 25.4 Å². The number of aromatic nitrogens is 2. The first kappa shape index (κ1) is 17.3. The molecule has 3 aromatic rings. The van der Waals surface area contributed by atoms with Crippen LogP contribution in [0.25, 0.3) is 11.1 Å². The minimum atomic E-state index is -0.472. The van der Waals surface area contributed by atoms with Crippen LogP contribution in [0.3, 0.4) is 0 Å². The molecule has 25 heavy (non-hydrogen) atoms. The van der Waals surface area contributed by atoms with Gasteiger partial charge in [0.1, 0.15) is 23.0 Å². The van der Waals surface area contributed by atoms with Crippen LogP contribution in [0.5, 0.6) is 0 Å². The fourth-order valence-electron chi connectivity index (χ4n) is 2.53. The molecule has 0 amide bonds. The predicted molar refractivity (Wildman–Crippen MR) is 98.4 cm³/mol. The monoisotopic (exact) mass is 357 g/mol. The molecule has 2 heterocycles. The Morgan fingerprint density at radius 3 is 2.72 bits per heavy atom. The summed E-state index contributed by atoms with van der Waals surface area (Å²) >= 11 is 1.69. The Balaban J connectivity index is 1.81. The predicted octanol–water partition coefficient (Wildman–Crippen LogP) is 3.72. The number of fused-ring (bicyclic) bond motifs is 1. The Morgan fingerprint density at radius 2 is 2.00 bits per heavy atom. The summed E-state index contributed by atoms with van der Waals surface area (Å²) in [6.07, 6.45) is 0. The van der Waals surface area contributed by atoms with Gasteiger partial charge in [-0.3, -0.25) is 0 Å². The SMILES string of the molecule is CCOC(=O)c1c(C)oc2nc(CSCc3ccccc3)nc(N)c12. The highest BCUT2D eigenvalue weighted by Crippen LogP contribution is 2.29. The topological polar surface area (TPSA) is 91.2 Å². The number of carbonyl (C=O) groups excluding carboxylic acids is 1. The largest absolute Gasteiger partial charge is 0.462 e. The zero-order chi connectivity index (χ0) is 17.8. The van der Waals surface area contributed by atoms with E-state index in [1.54, 1.807) is 25.6 Å². The van der Waals surface area contributed by atoms with E-state index in [1.807, 2.05) is 18.2 Å². The van der Waals surface area contributed by atoms with Crippen molar-refractivity contribution in [3.8, 4) is 0 Å². The fourth-order valence-corrected chi connectivity index (χ4v) is 3.37. The molecular weight excluding hydrogens is 338 g/mol. The smallest absolute Gasteiger partial charge is 0.342 e. The zero-order valence-electron chi connectivity index (χ0n) is 14.1. The van der Waals surface area contributed by atoms with Gasteiger partial charge in [-0.25, -0.2) is 9.78 Å². The van der Waals surface area contributed by atoms with E-state index in [2.05, 4.69) is 22.1 Å². The van der Waals surface area contributed by atoms with Crippen molar-refractivity contribution in [3.05, 3.63) is 53.0 Å². The van der Waals surface area contributed by atoms with Crippen LogP contribution < -0.4 is 5.73 Å². The molecule has 0 fully saturated rings. The van der Waals surface area contributed by atoms with Gasteiger partial charge in [-0.1, -0.05) is 30.3 Å². The lowest BCUT2D eigenvalue weighted by atomic mass is 10.2. The van der Waals surface area contributed by atoms with Crippen LogP contribution in [-0.4, -0.2) is 22.5 Å². The van der Waals surface area contributed by atoms with Crippen molar-refractivity contribution in [2.75, 3.05) is 12.3 Å². The molecule has 2 N–H and O–H groups in total. The molecule has 7 heteroatoms. The Kier molecular flexibility index (Phi) is 5.23. The summed E-state index contributed by atoms with van der Waals surface area (Å²) in [5.41, 5.74) is 7.92. The summed E-state index contributed by atoms with van der Waals surface area (Å²) < 4.78 is 10.7. The van der Waals surface area contributed by atoms with Gasteiger partial charge in [-0.05, 0) is 19.4 Å². The number of ether oxygens (including phenoxy) is 1. The Morgan fingerprint density at radius 1 is 1.24 bits per heavy atom. The van der Waals surface area contributed by atoms with Crippen molar-refractivity contribution < 1.29 is 13.9 Å². The van der Waals surface area contributed by atoms with E-state index < -0.39 is 5.97 Å². The van der Waals surface area contributed by atoms with Crippen molar-refractivity contribution in [2.24, 2.45) is 0 Å². The Labute approximate surface area is 149 Å². The molecule has 0 saturated carbocycles. The number of carbonyl (C=O) groups is 1. The highest BCUT2D eigenvalue weighted by atomic mass is 32.2. The molecule has 130 valence electrons. The number of aryl methyl sites for hydroxylation is 1. The maximum absolute atomic E-state index is 12.1. The molecule has 0 aliphatic carbocycles. The number of thioether (sulfide) groups is 1. The van der Waals surface area contributed by atoms with E-state index in [0.29, 0.717) is 34.0 Å². The second kappa shape index (κ2) is 7.57. The summed E-state index contributed by atoms with van der Waals surface area (Å²) in [6.45, 7) is 3.72. The molecule has 3 rings (SSSR count). The molecule has 0 aliphatic heterocycles. The lowest BCUT2D eigenvalue weighted by Gasteiger charge is -2.04. The summed E-state index contributed by atoms with van der Waals surface area (Å²) in [6, 6.07) is 10.2. The second-order valence-corrected chi connectivity index (χ2v) is 6.42. The Hall–Kier alpha value is -2.54. The van der Waals surface area contributed by atoms with Gasteiger partial charge in [0.25, 0.3) is 0 Å². The average molecular weight is 357 g/mol. The minimum Gasteiger partial charge on any atom is -0.462 e. The standard InChI is InChI=1S/C18H19N3O3S/c1-3-23-18(22)14-11(2)24-17-15(14)16(19)20-13(21-17)10-25-9-12-7-5-4-6-8-12/h4-8H,3,9-10H2,1-2H3,(H2,19,20,21). The summed E-state index contributed by atoms with van der Waals surface area (Å²) in [7, 11) is 0. The summed E-state index contributed by atoms with van der Waals surface area (Å²) in [5.74, 6) is 2.23. The number of anilines is 1. The molecule has 0 spiro atoms. The highest BCUT2D eigenvalue weighted by molar-refractivity contribution is 7.97. The summed E-state index contributed by atoms with van der Waals surface area (Å²) in [4.78, 5) is 20.8. The zero-order valence-corrected chi connectivity index (χ0v) is 14.9. The highest BCUT2D eigenvalue weighted by Gasteiger charge is 2.23. The van der Waals surface area contributed by atoms with Gasteiger partial charge in [0.2, 0.25) is 5.71 Å². The summed E-state index contributed by atoms with van der Waals surface area (Å²) in [5, 5.41) is 0.424. The first-order chi connectivity index (χ1) is 12.1. The van der Waals surface area contributed by atoms with Gasteiger partial charge in [-0.15, -0.1) is 11.8 Å². The molecular formula is C18H19N3O3S. The van der Waals surface area contributed by atoms with E-state index in [-0.39, 0.29) is 12.4 Å². The third kappa shape index (κ3) is 3.76. The van der Waals surface area contributed by atoms with Gasteiger partial charge in [0.05, 0.1) is 17.7 Å².